The first-order chi connectivity index (χ1) is 40.2. The van der Waals surface area contributed by atoms with Gasteiger partial charge in [0.1, 0.15) is 40.1 Å². The lowest BCUT2D eigenvalue weighted by Crippen LogP contribution is -2.46. The van der Waals surface area contributed by atoms with Crippen LogP contribution in [0.1, 0.15) is 108 Å². The number of hydrogen-bond acceptors (Lipinski definition) is 19. The van der Waals surface area contributed by atoms with Crippen molar-refractivity contribution in [3.05, 3.63) is 99.2 Å². The van der Waals surface area contributed by atoms with Gasteiger partial charge >= 0.3 is 11.8 Å². The average molecular weight is 1190 g/mol. The number of allylic oxidation sites excluding steroid dienone is 2. The minimum Gasteiger partial charge on any atom is -0.507 e. The van der Waals surface area contributed by atoms with Crippen LogP contribution in [0.4, 0.5) is 5.69 Å². The number of H-pyrrole nitrogens is 1. The molecule has 3 aromatic carbocycles. The molecule has 85 heavy (non-hydrogen) atoms. The Balaban J connectivity index is 0.000000325. The Labute approximate surface area is 497 Å². The number of fused-ring (bicyclic) bond motifs is 2. The smallest absolute Gasteiger partial charge is 0.312 e. The molecular weight excluding hydrogens is 1110 g/mol. The summed E-state index contributed by atoms with van der Waals surface area (Å²) in [6, 6.07) is 5.50. The summed E-state index contributed by atoms with van der Waals surface area (Å²) >= 11 is 0. The van der Waals surface area contributed by atoms with Gasteiger partial charge in [-0.25, -0.2) is 4.98 Å². The maximum Gasteiger partial charge on any atom is 0.312 e. The zero-order valence-electron chi connectivity index (χ0n) is 51.2. The number of carbonyl (C=O) groups excluding carboxylic acids is 3. The predicted molar refractivity (Wildman–Crippen MR) is 321 cm³/mol. The number of aromatic nitrogens is 3. The van der Waals surface area contributed by atoms with Gasteiger partial charge < -0.3 is 64.0 Å². The van der Waals surface area contributed by atoms with Crippen LogP contribution in [0.5, 0.6) is 28.7 Å². The van der Waals surface area contributed by atoms with Gasteiger partial charge in [0.05, 0.1) is 88.4 Å². The van der Waals surface area contributed by atoms with Crippen molar-refractivity contribution in [3.63, 3.8) is 0 Å². The fourth-order valence-corrected chi connectivity index (χ4v) is 12.9. The Morgan fingerprint density at radius 2 is 1.60 bits per heavy atom. The number of carbonyl (C=O) groups is 3. The molecule has 458 valence electrons. The van der Waals surface area contributed by atoms with Crippen molar-refractivity contribution in [3.8, 4) is 28.7 Å². The van der Waals surface area contributed by atoms with Crippen molar-refractivity contribution in [2.24, 2.45) is 39.6 Å². The zero-order valence-corrected chi connectivity index (χ0v) is 52.0. The second-order valence-corrected chi connectivity index (χ2v) is 24.8. The summed E-state index contributed by atoms with van der Waals surface area (Å²) < 4.78 is 47.3. The molecule has 6 heterocycles. The van der Waals surface area contributed by atoms with Gasteiger partial charge in [0.25, 0.3) is 11.7 Å². The first-order valence-corrected chi connectivity index (χ1v) is 30.0. The number of Topliss-reactive ketones (excluding diaryl/α,β-unsaturated/α-hetero) is 1. The van der Waals surface area contributed by atoms with E-state index in [9.17, 15) is 39.0 Å². The van der Waals surface area contributed by atoms with Crippen LogP contribution < -0.4 is 30.2 Å². The number of methoxy groups -OCH3 is 3. The molecule has 4 bridgehead atoms. The molecule has 1 amide bonds. The first kappa shape index (κ1) is 63.8. The van der Waals surface area contributed by atoms with Gasteiger partial charge in [-0.15, -0.1) is 0 Å². The number of rotatable bonds is 9. The summed E-state index contributed by atoms with van der Waals surface area (Å²) in [5, 5.41) is 50.6. The highest BCUT2D eigenvalue weighted by Crippen LogP contribution is 2.50. The third kappa shape index (κ3) is 12.8. The number of phenols is 2. The Kier molecular flexibility index (Phi) is 19.3. The summed E-state index contributed by atoms with van der Waals surface area (Å²) in [6.45, 7) is 23.4. The van der Waals surface area contributed by atoms with E-state index in [1.165, 1.54) is 27.2 Å². The summed E-state index contributed by atoms with van der Waals surface area (Å²) in [5.41, 5.74) is 3.59. The number of nitrogens with one attached hydrogen (secondary N) is 2. The molecule has 0 saturated carbocycles. The normalized spacial score (nSPS) is 26.9. The highest BCUT2D eigenvalue weighted by Gasteiger charge is 2.50. The van der Waals surface area contributed by atoms with E-state index in [4.69, 9.17) is 38.4 Å². The molecule has 1 spiro atoms. The molecule has 4 aliphatic rings. The number of aromatic hydroxyl groups is 2. The van der Waals surface area contributed by atoms with Gasteiger partial charge in [0.2, 0.25) is 0 Å². The van der Waals surface area contributed by atoms with E-state index >= 15 is 0 Å². The van der Waals surface area contributed by atoms with Gasteiger partial charge in [0.15, 0.2) is 16.6 Å². The fraction of sp³-hybridized carbons (Fsp3) is 0.508. The van der Waals surface area contributed by atoms with Gasteiger partial charge in [-0.1, -0.05) is 59.8 Å². The van der Waals surface area contributed by atoms with E-state index in [1.807, 2.05) is 32.0 Å². The fourth-order valence-electron chi connectivity index (χ4n) is 11.8. The van der Waals surface area contributed by atoms with E-state index < -0.39 is 93.7 Å². The van der Waals surface area contributed by atoms with Crippen LogP contribution in [0, 0.1) is 50.4 Å². The van der Waals surface area contributed by atoms with Crippen LogP contribution in [-0.2, 0) is 40.4 Å². The largest absolute Gasteiger partial charge is 0.507 e. The second-order valence-electron chi connectivity index (χ2n) is 23.4. The number of aryl methyl sites for hydroxylation is 1. The van der Waals surface area contributed by atoms with Crippen LogP contribution in [0.15, 0.2) is 75.7 Å². The minimum absolute atomic E-state index is 0.0364. The summed E-state index contributed by atoms with van der Waals surface area (Å²) in [6.07, 6.45) is 6.77. The van der Waals surface area contributed by atoms with Gasteiger partial charge in [-0.2, -0.15) is 0 Å². The quantitative estimate of drug-likeness (QED) is 0.0610. The standard InChI is InChI=1S/C46H62N4O11.C17H19N3O3S/c1-22(2)21-50-18-16-46(17-19-50)48-34-31-32-39(54)28(8)42-33(31)43(56)45(10,61-42)59-20-15-30(58-11)25(5)41(60-29(9)51)27(7)38(53)26(6)37(52)23(3)13-12-14-24(4)44(57)47-36(40(32)55)35(34)49-46;1-10-8-18-15(11(2)16(10)23-4)9-24(21)17-19-13-6-5-12(22-3)7-14(13)20-17/h12-15,20,22-23,25-27,30,37-38,41,52-55H,16-19,21H2,1-11H3,(H,47,57);5-8H,9H2,1-4H3,(H,19,20)/b13-12+,20-15+,24-14-;/t23-,25+,26+,27+,30-,37-,38+,41+,45-;/m0./s1. The molecule has 21 nitrogen and oxygen atoms in total. The Morgan fingerprint density at radius 1 is 0.906 bits per heavy atom. The number of hydrogen-bond donors (Lipinski definition) is 6. The molecule has 22 heteroatoms. The maximum atomic E-state index is 14.7. The number of aliphatic hydroxyl groups excluding tert-OH is 2. The number of amides is 1. The topological polar surface area (TPSA) is 286 Å². The predicted octanol–water partition coefficient (Wildman–Crippen LogP) is 7.65. The zero-order chi connectivity index (χ0) is 62.1. The number of pyridine rings is 1. The van der Waals surface area contributed by atoms with E-state index in [1.54, 1.807) is 86.3 Å². The number of piperidine rings is 1. The van der Waals surface area contributed by atoms with Crippen LogP contribution in [0.2, 0.25) is 0 Å². The van der Waals surface area contributed by atoms with E-state index in [0.717, 1.165) is 45.9 Å². The van der Waals surface area contributed by atoms with Gasteiger partial charge in [0, 0.05) is 117 Å². The van der Waals surface area contributed by atoms with Crippen LogP contribution in [0.3, 0.4) is 0 Å². The van der Waals surface area contributed by atoms with E-state index in [2.05, 4.69) is 39.0 Å². The first-order valence-electron chi connectivity index (χ1n) is 28.7. The summed E-state index contributed by atoms with van der Waals surface area (Å²) in [5.74, 6) is -4.66. The highest BCUT2D eigenvalue weighted by atomic mass is 32.2. The number of esters is 1. The molecule has 6 N–H and O–H groups in total. The Bertz CT molecular complexity index is 3650. The monoisotopic (exact) mass is 1190 g/mol. The van der Waals surface area contributed by atoms with E-state index in [-0.39, 0.29) is 61.1 Å². The number of phenolic OH excluding ortho intramolecular Hbond substituents is 2. The van der Waals surface area contributed by atoms with Crippen LogP contribution in [-0.4, -0.2) is 139 Å². The summed E-state index contributed by atoms with van der Waals surface area (Å²) in [4.78, 5) is 65.6. The van der Waals surface area contributed by atoms with Crippen molar-refractivity contribution in [2.75, 3.05) is 46.3 Å². The molecule has 0 radical (unpaired) electrons. The number of aliphatic hydroxyl groups is 2. The lowest BCUT2D eigenvalue weighted by atomic mass is 9.78. The van der Waals surface area contributed by atoms with E-state index in [0.29, 0.717) is 37.0 Å². The molecule has 1 fully saturated rings. The number of ether oxygens (including phenoxy) is 6. The molecule has 5 aromatic rings. The third-order valence-electron chi connectivity index (χ3n) is 16.8. The summed E-state index contributed by atoms with van der Waals surface area (Å²) in [7, 11) is 3.37. The van der Waals surface area contributed by atoms with Crippen molar-refractivity contribution < 1.29 is 67.4 Å². The van der Waals surface area contributed by atoms with Crippen molar-refractivity contribution >= 4 is 56.0 Å². The number of nitrogens with zero attached hydrogens (tertiary/aromatic N) is 5. The number of likely N-dealkylation sites (tertiary alicyclic amines) is 1. The van der Waals surface area contributed by atoms with Crippen LogP contribution in [0.25, 0.3) is 21.8 Å². The second kappa shape index (κ2) is 25.8. The number of imidazole rings is 1. The molecular formula is C63H81N7O14S. The molecule has 0 aliphatic carbocycles. The lowest BCUT2D eigenvalue weighted by molar-refractivity contribution is -0.160. The van der Waals surface area contributed by atoms with Crippen LogP contribution >= 0.6 is 0 Å². The molecule has 10 atom stereocenters. The maximum absolute atomic E-state index is 14.7. The average Bonchev–Trinajstić information content (AvgIpc) is 1.69. The number of ketones is 1. The number of benzene rings is 3. The molecule has 2 aromatic heterocycles. The molecule has 1 unspecified atom stereocenters. The third-order valence-corrected chi connectivity index (χ3v) is 18.0. The van der Waals surface area contributed by atoms with Gasteiger partial charge in [-0.05, 0) is 51.8 Å². The van der Waals surface area contributed by atoms with Crippen molar-refractivity contribution in [2.45, 2.75) is 143 Å². The molecule has 4 aliphatic heterocycles. The molecule has 9 rings (SSSR count). The SMILES string of the molecule is CO[C@H]1/C=C/O[C@@]2(C)Oc3c(C)c(O)c4c(O)c(c5c(c4c3C2=O)=NC2(CCN(CC(C)C)CC2)N=5)NC(=O)/C(C)=C\C=C\[C@H](C)[C@H](O)[C@@H](C)[C@@H](O)[C@@H](C)[C@H](OC(C)=O)[C@@H]1C.COc1ccc2nc(S(=O)Cc3ncc(C)c(OC)c3C)[nH]c2c1. The number of aromatic amines is 1. The number of anilines is 1. The van der Waals surface area contributed by atoms with Crippen molar-refractivity contribution in [1.82, 2.24) is 19.9 Å². The van der Waals surface area contributed by atoms with Crippen molar-refractivity contribution in [1.29, 1.82) is 0 Å². The lowest BCUT2D eigenvalue weighted by Gasteiger charge is -2.38. The Morgan fingerprint density at radius 3 is 2.25 bits per heavy atom. The molecule has 1 saturated heterocycles. The Hall–Kier alpha value is -7.24. The minimum atomic E-state index is -1.96. The highest BCUT2D eigenvalue weighted by molar-refractivity contribution is 7.84. The van der Waals surface area contributed by atoms with Gasteiger partial charge in [-0.3, -0.25) is 33.6 Å².